The van der Waals surface area contributed by atoms with Crippen LogP contribution >= 0.6 is 11.6 Å². The third kappa shape index (κ3) is 5.05. The van der Waals surface area contributed by atoms with Gasteiger partial charge >= 0.3 is 5.97 Å². The summed E-state index contributed by atoms with van der Waals surface area (Å²) >= 11 is 6.08. The molecule has 9 heteroatoms. The minimum Gasteiger partial charge on any atom is -0.466 e. The molecule has 1 amide bonds. The number of halogens is 1. The van der Waals surface area contributed by atoms with E-state index < -0.39 is 0 Å². The average Bonchev–Trinajstić information content (AvgIpc) is 3.16. The molecule has 2 N–H and O–H groups in total. The Morgan fingerprint density at radius 1 is 1.44 bits per heavy atom. The number of hydrogen-bond acceptors (Lipinski definition) is 5. The number of benzene rings is 1. The number of aromatic nitrogens is 3. The predicted molar refractivity (Wildman–Crippen MR) is 99.9 cm³/mol. The van der Waals surface area contributed by atoms with E-state index in [0.717, 1.165) is 24.3 Å². The van der Waals surface area contributed by atoms with Crippen molar-refractivity contribution in [2.45, 2.75) is 19.8 Å². The van der Waals surface area contributed by atoms with Crippen LogP contribution in [-0.2, 0) is 14.3 Å². The molecule has 0 bridgehead atoms. The Kier molecular flexibility index (Phi) is 6.41. The molecular formula is C18H23ClN5O3+. The SMILES string of the molecule is CCOC(=O)[C@@H]1CCC[NH+](CC(=O)Nc2cc(Cl)ccc2-n2cncn2)C1. The largest absolute Gasteiger partial charge is 0.466 e. The predicted octanol–water partition coefficient (Wildman–Crippen LogP) is 0.717. The number of carbonyl (C=O) groups is 2. The summed E-state index contributed by atoms with van der Waals surface area (Å²) in [6.45, 7) is 3.92. The van der Waals surface area contributed by atoms with Gasteiger partial charge in [0.15, 0.2) is 6.54 Å². The molecule has 0 radical (unpaired) electrons. The molecule has 144 valence electrons. The summed E-state index contributed by atoms with van der Waals surface area (Å²) in [6, 6.07) is 5.19. The van der Waals surface area contributed by atoms with Gasteiger partial charge in [0.25, 0.3) is 5.91 Å². The fraction of sp³-hybridized carbons (Fsp3) is 0.444. The summed E-state index contributed by atoms with van der Waals surface area (Å²) in [5.74, 6) is -0.449. The Bertz CT molecular complexity index is 796. The van der Waals surface area contributed by atoms with Gasteiger partial charge in [0, 0.05) is 5.02 Å². The van der Waals surface area contributed by atoms with Crippen LogP contribution < -0.4 is 10.2 Å². The van der Waals surface area contributed by atoms with Gasteiger partial charge in [-0.05, 0) is 38.0 Å². The van der Waals surface area contributed by atoms with E-state index >= 15 is 0 Å². The number of ether oxygens (including phenoxy) is 1. The van der Waals surface area contributed by atoms with Crippen LogP contribution in [0.1, 0.15) is 19.8 Å². The fourth-order valence-corrected chi connectivity index (χ4v) is 3.51. The smallest absolute Gasteiger partial charge is 0.314 e. The molecule has 0 spiro atoms. The van der Waals surface area contributed by atoms with Crippen molar-refractivity contribution in [3.05, 3.63) is 35.9 Å². The van der Waals surface area contributed by atoms with Gasteiger partial charge in [-0.25, -0.2) is 9.67 Å². The van der Waals surface area contributed by atoms with Gasteiger partial charge in [0.05, 0.1) is 31.1 Å². The number of anilines is 1. The zero-order valence-electron chi connectivity index (χ0n) is 15.2. The normalized spacial score (nSPS) is 19.5. The van der Waals surface area contributed by atoms with Gasteiger partial charge in [0.1, 0.15) is 18.6 Å². The summed E-state index contributed by atoms with van der Waals surface area (Å²) in [4.78, 5) is 29.6. The zero-order chi connectivity index (χ0) is 19.2. The van der Waals surface area contributed by atoms with E-state index in [-0.39, 0.29) is 24.3 Å². The van der Waals surface area contributed by atoms with Gasteiger partial charge in [-0.15, -0.1) is 0 Å². The number of hydrogen-bond donors (Lipinski definition) is 2. The lowest BCUT2D eigenvalue weighted by atomic mass is 9.98. The summed E-state index contributed by atoms with van der Waals surface area (Å²) in [5, 5.41) is 7.52. The lowest BCUT2D eigenvalue weighted by Crippen LogP contribution is -3.14. The first-order valence-corrected chi connectivity index (χ1v) is 9.39. The molecule has 1 aromatic carbocycles. The molecule has 1 aromatic heterocycles. The van der Waals surface area contributed by atoms with Crippen molar-refractivity contribution in [2.24, 2.45) is 5.92 Å². The molecule has 1 unspecified atom stereocenters. The lowest BCUT2D eigenvalue weighted by molar-refractivity contribution is -0.899. The summed E-state index contributed by atoms with van der Waals surface area (Å²) in [5.41, 5.74) is 1.25. The van der Waals surface area contributed by atoms with Gasteiger partial charge < -0.3 is 15.0 Å². The van der Waals surface area contributed by atoms with E-state index in [1.807, 2.05) is 0 Å². The average molecular weight is 393 g/mol. The maximum absolute atomic E-state index is 12.6. The van der Waals surface area contributed by atoms with Crippen molar-refractivity contribution in [3.63, 3.8) is 0 Å². The minimum absolute atomic E-state index is 0.140. The molecule has 2 atom stereocenters. The van der Waals surface area contributed by atoms with Crippen LogP contribution in [0.2, 0.25) is 5.02 Å². The van der Waals surface area contributed by atoms with E-state index in [4.69, 9.17) is 16.3 Å². The van der Waals surface area contributed by atoms with Crippen molar-refractivity contribution in [3.8, 4) is 5.69 Å². The van der Waals surface area contributed by atoms with Gasteiger partial charge in [-0.2, -0.15) is 5.10 Å². The van der Waals surface area contributed by atoms with Crippen LogP contribution in [-0.4, -0.2) is 52.9 Å². The minimum atomic E-state index is -0.168. The second-order valence-electron chi connectivity index (χ2n) is 6.52. The Balaban J connectivity index is 1.64. The summed E-state index contributed by atoms with van der Waals surface area (Å²) < 4.78 is 6.68. The van der Waals surface area contributed by atoms with Crippen LogP contribution in [0.25, 0.3) is 5.69 Å². The molecule has 2 aromatic rings. The van der Waals surface area contributed by atoms with Gasteiger partial charge in [0.2, 0.25) is 0 Å². The van der Waals surface area contributed by atoms with Crippen molar-refractivity contribution in [1.82, 2.24) is 14.8 Å². The number of quaternary nitrogens is 1. The van der Waals surface area contributed by atoms with E-state index in [1.165, 1.54) is 6.33 Å². The molecule has 2 heterocycles. The fourth-order valence-electron chi connectivity index (χ4n) is 3.34. The van der Waals surface area contributed by atoms with Crippen LogP contribution in [0, 0.1) is 5.92 Å². The summed E-state index contributed by atoms with van der Waals surface area (Å²) in [7, 11) is 0. The number of piperidine rings is 1. The number of rotatable bonds is 6. The first kappa shape index (κ1) is 19.3. The number of nitrogens with zero attached hydrogens (tertiary/aromatic N) is 3. The lowest BCUT2D eigenvalue weighted by Gasteiger charge is -2.28. The van der Waals surface area contributed by atoms with E-state index in [9.17, 15) is 9.59 Å². The highest BCUT2D eigenvalue weighted by molar-refractivity contribution is 6.31. The molecule has 1 fully saturated rings. The Morgan fingerprint density at radius 2 is 2.30 bits per heavy atom. The topological polar surface area (TPSA) is 90.6 Å². The molecule has 1 aliphatic heterocycles. The monoisotopic (exact) mass is 392 g/mol. The molecule has 0 aliphatic carbocycles. The molecule has 0 saturated carbocycles. The van der Waals surface area contributed by atoms with Crippen LogP contribution in [0.4, 0.5) is 5.69 Å². The number of esters is 1. The van der Waals surface area contributed by atoms with Gasteiger partial charge in [-0.3, -0.25) is 9.59 Å². The first-order chi connectivity index (χ1) is 13.1. The third-order valence-electron chi connectivity index (χ3n) is 4.55. The standard InChI is InChI=1S/C18H22ClN5O3/c1-2-27-18(26)13-4-3-7-23(9-13)10-17(25)22-15-8-14(19)5-6-16(15)24-12-20-11-21-24/h5-6,8,11-13H,2-4,7,9-10H2,1H3,(H,22,25)/p+1/t13-/m1/s1. The second-order valence-corrected chi connectivity index (χ2v) is 6.96. The van der Waals surface area contributed by atoms with E-state index in [1.54, 1.807) is 36.1 Å². The van der Waals surface area contributed by atoms with E-state index in [0.29, 0.717) is 29.5 Å². The number of carbonyl (C=O) groups excluding carboxylic acids is 2. The maximum Gasteiger partial charge on any atom is 0.314 e. The molecule has 8 nitrogen and oxygen atoms in total. The Hall–Kier alpha value is -2.45. The van der Waals surface area contributed by atoms with Crippen LogP contribution in [0.5, 0.6) is 0 Å². The van der Waals surface area contributed by atoms with Crippen molar-refractivity contribution in [2.75, 3.05) is 31.6 Å². The third-order valence-corrected chi connectivity index (χ3v) is 4.78. The molecule has 27 heavy (non-hydrogen) atoms. The number of amides is 1. The van der Waals surface area contributed by atoms with E-state index in [2.05, 4.69) is 15.4 Å². The van der Waals surface area contributed by atoms with Gasteiger partial charge in [-0.1, -0.05) is 11.6 Å². The molecule has 1 aliphatic rings. The highest BCUT2D eigenvalue weighted by atomic mass is 35.5. The van der Waals surface area contributed by atoms with Crippen molar-refractivity contribution < 1.29 is 19.2 Å². The molecule has 3 rings (SSSR count). The number of nitrogens with one attached hydrogen (secondary N) is 2. The van der Waals surface area contributed by atoms with Crippen LogP contribution in [0.15, 0.2) is 30.9 Å². The maximum atomic E-state index is 12.6. The quantitative estimate of drug-likeness (QED) is 0.707. The number of likely N-dealkylation sites (tertiary alicyclic amines) is 1. The van der Waals surface area contributed by atoms with Crippen molar-refractivity contribution >= 4 is 29.2 Å². The summed E-state index contributed by atoms with van der Waals surface area (Å²) in [6.07, 6.45) is 4.69. The second kappa shape index (κ2) is 8.96. The molecule has 1 saturated heterocycles. The molecular weight excluding hydrogens is 370 g/mol. The zero-order valence-corrected chi connectivity index (χ0v) is 15.9. The first-order valence-electron chi connectivity index (χ1n) is 9.01. The highest BCUT2D eigenvalue weighted by Crippen LogP contribution is 2.23. The van der Waals surface area contributed by atoms with Crippen LogP contribution in [0.3, 0.4) is 0 Å². The Morgan fingerprint density at radius 3 is 3.04 bits per heavy atom. The highest BCUT2D eigenvalue weighted by Gasteiger charge is 2.30. The Labute approximate surface area is 162 Å². The van der Waals surface area contributed by atoms with Crippen molar-refractivity contribution in [1.29, 1.82) is 0 Å².